The molecular weight excluding hydrogens is 556 g/mol. The number of nitrogens with two attached hydrogens (primary N) is 1. The Hall–Kier alpha value is -4.35. The predicted octanol–water partition coefficient (Wildman–Crippen LogP) is 0.537. The number of carbonyl (C=O) groups excluding carboxylic acids is 5. The van der Waals surface area contributed by atoms with Gasteiger partial charge in [-0.15, -0.1) is 0 Å². The van der Waals surface area contributed by atoms with E-state index in [0.717, 1.165) is 39.8 Å². The summed E-state index contributed by atoms with van der Waals surface area (Å²) in [4.78, 5) is 69.4. The van der Waals surface area contributed by atoms with E-state index in [4.69, 9.17) is 43.6 Å². The molecule has 1 unspecified atom stereocenters. The highest BCUT2D eigenvalue weighted by atomic mass is 16.8. The molecule has 6 atom stereocenters. The van der Waals surface area contributed by atoms with Crippen LogP contribution in [0.3, 0.4) is 0 Å². The fourth-order valence-corrected chi connectivity index (χ4v) is 3.57. The van der Waals surface area contributed by atoms with Crippen LogP contribution in [-0.2, 0) is 52.3 Å². The lowest BCUT2D eigenvalue weighted by Gasteiger charge is -2.44. The zero-order valence-corrected chi connectivity index (χ0v) is 22.5. The van der Waals surface area contributed by atoms with Crippen molar-refractivity contribution in [3.05, 3.63) is 34.4 Å². The Kier molecular flexibility index (Phi) is 12.4. The third-order valence-electron chi connectivity index (χ3n) is 5.17. The number of hydrogen-bond acceptors (Lipinski definition) is 16. The molecule has 17 nitrogen and oxygen atoms in total. The third-order valence-corrected chi connectivity index (χ3v) is 5.17. The van der Waals surface area contributed by atoms with Crippen molar-refractivity contribution in [1.82, 2.24) is 0 Å². The maximum atomic E-state index is 12.2. The van der Waals surface area contributed by atoms with E-state index in [2.05, 4.69) is 0 Å². The lowest BCUT2D eigenvalue weighted by Crippen LogP contribution is -2.63. The molecule has 1 heterocycles. The third kappa shape index (κ3) is 10.6. The molecule has 1 saturated heterocycles. The molecule has 17 heteroatoms. The maximum absolute atomic E-state index is 12.2. The van der Waals surface area contributed by atoms with E-state index in [1.54, 1.807) is 0 Å². The van der Waals surface area contributed by atoms with Crippen LogP contribution in [0.5, 0.6) is 5.75 Å². The van der Waals surface area contributed by atoms with Gasteiger partial charge in [-0.3, -0.25) is 29.3 Å². The van der Waals surface area contributed by atoms with E-state index >= 15 is 0 Å². The highest BCUT2D eigenvalue weighted by Gasteiger charge is 2.53. The fourth-order valence-electron chi connectivity index (χ4n) is 3.57. The summed E-state index contributed by atoms with van der Waals surface area (Å²) in [5.41, 5.74) is 5.46. The van der Waals surface area contributed by atoms with Crippen LogP contribution in [0.1, 0.15) is 27.7 Å². The largest absolute Gasteiger partial charge is 0.514 e. The summed E-state index contributed by atoms with van der Waals surface area (Å²) in [5.74, 6) is -3.19. The summed E-state index contributed by atoms with van der Waals surface area (Å²) in [7, 11) is 0. The van der Waals surface area contributed by atoms with E-state index in [1.165, 1.54) is 12.1 Å². The van der Waals surface area contributed by atoms with Gasteiger partial charge < -0.3 is 43.6 Å². The smallest absolute Gasteiger partial charge is 0.463 e. The summed E-state index contributed by atoms with van der Waals surface area (Å²) in [6, 6.07) is 4.61. The van der Waals surface area contributed by atoms with Crippen molar-refractivity contribution < 1.29 is 66.8 Å². The number of esters is 4. The molecule has 1 aromatic carbocycles. The Morgan fingerprint density at radius 3 is 1.98 bits per heavy atom. The quantitative estimate of drug-likeness (QED) is 0.116. The second kappa shape index (κ2) is 15.4. The van der Waals surface area contributed by atoms with Gasteiger partial charge in [0.2, 0.25) is 0 Å². The molecule has 226 valence electrons. The molecule has 2 rings (SSSR count). The van der Waals surface area contributed by atoms with Crippen molar-refractivity contribution in [2.45, 2.75) is 64.5 Å². The number of nitro groups is 1. The molecule has 0 bridgehead atoms. The molecule has 0 amide bonds. The number of non-ortho nitro benzene ring substituents is 1. The van der Waals surface area contributed by atoms with Crippen molar-refractivity contribution in [2.75, 3.05) is 19.8 Å². The van der Waals surface area contributed by atoms with Crippen LogP contribution in [0.2, 0.25) is 0 Å². The second-order valence-electron chi connectivity index (χ2n) is 8.48. The van der Waals surface area contributed by atoms with Gasteiger partial charge in [0.05, 0.1) is 11.5 Å². The Labute approximate surface area is 233 Å². The number of nitro benzene ring substituents is 1. The first-order chi connectivity index (χ1) is 19.3. The summed E-state index contributed by atoms with van der Waals surface area (Å²) in [6.45, 7) is 3.14. The minimum atomic E-state index is -1.51. The van der Waals surface area contributed by atoms with Gasteiger partial charge in [0.1, 0.15) is 24.6 Å². The van der Waals surface area contributed by atoms with Crippen molar-refractivity contribution in [3.63, 3.8) is 0 Å². The minimum absolute atomic E-state index is 0.0446. The van der Waals surface area contributed by atoms with E-state index in [-0.39, 0.29) is 18.0 Å². The highest BCUT2D eigenvalue weighted by molar-refractivity contribution is 5.69. The van der Waals surface area contributed by atoms with Crippen LogP contribution >= 0.6 is 0 Å². The molecule has 0 aliphatic carbocycles. The molecule has 0 saturated carbocycles. The van der Waals surface area contributed by atoms with Crippen molar-refractivity contribution in [2.24, 2.45) is 5.73 Å². The predicted molar refractivity (Wildman–Crippen MR) is 131 cm³/mol. The van der Waals surface area contributed by atoms with Gasteiger partial charge in [-0.05, 0) is 12.1 Å². The number of nitrogens with zero attached hydrogens (tertiary/aromatic N) is 1. The second-order valence-corrected chi connectivity index (χ2v) is 8.48. The van der Waals surface area contributed by atoms with E-state index < -0.39 is 85.0 Å². The Morgan fingerprint density at radius 2 is 1.46 bits per heavy atom. The van der Waals surface area contributed by atoms with Crippen molar-refractivity contribution >= 4 is 35.7 Å². The Morgan fingerprint density at radius 1 is 0.902 bits per heavy atom. The van der Waals surface area contributed by atoms with Gasteiger partial charge >= 0.3 is 30.0 Å². The highest BCUT2D eigenvalue weighted by Crippen LogP contribution is 2.30. The molecule has 0 aromatic heterocycles. The number of rotatable bonds is 12. The van der Waals surface area contributed by atoms with E-state index in [0.29, 0.717) is 0 Å². The number of benzene rings is 1. The van der Waals surface area contributed by atoms with Crippen LogP contribution in [0.15, 0.2) is 24.3 Å². The van der Waals surface area contributed by atoms with Gasteiger partial charge in [0, 0.05) is 46.4 Å². The zero-order valence-electron chi connectivity index (χ0n) is 22.5. The zero-order chi connectivity index (χ0) is 30.7. The Balaban J connectivity index is 2.20. The number of carbonyl (C=O) groups is 5. The molecule has 1 fully saturated rings. The summed E-state index contributed by atoms with van der Waals surface area (Å²) in [5, 5.41) is 10.8. The van der Waals surface area contributed by atoms with Crippen LogP contribution < -0.4 is 10.5 Å². The molecular formula is C24H30N2O15. The summed E-state index contributed by atoms with van der Waals surface area (Å²) in [6.07, 6.45) is -9.43. The molecule has 2 N–H and O–H groups in total. The molecule has 1 aliphatic rings. The van der Waals surface area contributed by atoms with Crippen molar-refractivity contribution in [1.29, 1.82) is 0 Å². The van der Waals surface area contributed by atoms with E-state index in [9.17, 15) is 34.1 Å². The summed E-state index contributed by atoms with van der Waals surface area (Å²) >= 11 is 0. The monoisotopic (exact) mass is 586 g/mol. The number of hydrogen-bond donors (Lipinski definition) is 1. The first kappa shape index (κ1) is 32.9. The SMILES string of the molecule is CC(=O)OC[C@H]1O[C@H](OCC(CN)OC(=O)Oc2ccc([N+](=O)[O-])cc2)[C@H](OC(C)=O)[C@@H](OC(C)=O)[C@H]1OC(C)=O. The average Bonchev–Trinajstić information content (AvgIpc) is 2.87. The molecule has 0 spiro atoms. The lowest BCUT2D eigenvalue weighted by molar-refractivity contribution is -0.384. The van der Waals surface area contributed by atoms with Gasteiger partial charge in [0.15, 0.2) is 24.6 Å². The lowest BCUT2D eigenvalue weighted by atomic mass is 9.98. The molecule has 1 aromatic rings. The summed E-state index contributed by atoms with van der Waals surface area (Å²) < 4.78 is 42.4. The first-order valence-corrected chi connectivity index (χ1v) is 12.1. The van der Waals surface area contributed by atoms with Gasteiger partial charge in [-0.2, -0.15) is 0 Å². The Bertz CT molecular complexity index is 1110. The molecule has 41 heavy (non-hydrogen) atoms. The standard InChI is InChI=1S/C24H30N2O15/c1-12(27)34-11-19-20(36-13(2)28)21(37-14(3)29)22(38-15(4)30)23(41-19)35-10-18(9-25)40-24(31)39-17-7-5-16(6-8-17)26(32)33/h5-8,18-23H,9-11,25H2,1-4H3/t18?,19-,20+,21+,22-,23+/m1/s1. The number of ether oxygens (including phenoxy) is 8. The fraction of sp³-hybridized carbons (Fsp3) is 0.542. The van der Waals surface area contributed by atoms with Crippen LogP contribution in [0.4, 0.5) is 10.5 Å². The van der Waals surface area contributed by atoms with Gasteiger partial charge in [-0.25, -0.2) is 4.79 Å². The van der Waals surface area contributed by atoms with Gasteiger partial charge in [-0.1, -0.05) is 0 Å². The van der Waals surface area contributed by atoms with Crippen molar-refractivity contribution in [3.8, 4) is 5.75 Å². The maximum Gasteiger partial charge on any atom is 0.514 e. The molecule has 0 radical (unpaired) electrons. The van der Waals surface area contributed by atoms with Gasteiger partial charge in [0.25, 0.3) is 5.69 Å². The van der Waals surface area contributed by atoms with Crippen LogP contribution in [-0.4, -0.2) is 91.5 Å². The molecule has 1 aliphatic heterocycles. The van der Waals surface area contributed by atoms with Crippen LogP contribution in [0, 0.1) is 10.1 Å². The average molecular weight is 587 g/mol. The first-order valence-electron chi connectivity index (χ1n) is 12.1. The minimum Gasteiger partial charge on any atom is -0.463 e. The van der Waals surface area contributed by atoms with Crippen LogP contribution in [0.25, 0.3) is 0 Å². The normalized spacial score (nSPS) is 22.4. The topological polar surface area (TPSA) is 228 Å². The van der Waals surface area contributed by atoms with E-state index in [1.807, 2.05) is 0 Å².